The minimum absolute atomic E-state index is 0.0974. The van der Waals surface area contributed by atoms with Gasteiger partial charge in [0.2, 0.25) is 0 Å². The molecule has 2 aromatic carbocycles. The molecule has 9 heteroatoms. The minimum atomic E-state index is -0.866. The van der Waals surface area contributed by atoms with Gasteiger partial charge in [-0.05, 0) is 43.2 Å². The van der Waals surface area contributed by atoms with Crippen molar-refractivity contribution in [2.45, 2.75) is 26.3 Å². The van der Waals surface area contributed by atoms with Crippen molar-refractivity contribution >= 4 is 18.2 Å². The molecule has 2 N–H and O–H groups in total. The van der Waals surface area contributed by atoms with Crippen molar-refractivity contribution in [1.29, 1.82) is 5.26 Å². The Hall–Kier alpha value is -4.06. The lowest BCUT2D eigenvalue weighted by molar-refractivity contribution is -0.123. The summed E-state index contributed by atoms with van der Waals surface area (Å²) in [5.41, 5.74) is 3.97. The van der Waals surface area contributed by atoms with Crippen LogP contribution in [0.15, 0.2) is 53.6 Å². The van der Waals surface area contributed by atoms with Gasteiger partial charge in [-0.2, -0.15) is 10.4 Å². The molecule has 0 saturated heterocycles. The molecule has 2 amide bonds. The molecule has 0 radical (unpaired) electrons. The second-order valence-corrected chi connectivity index (χ2v) is 6.43. The van der Waals surface area contributed by atoms with E-state index in [1.807, 2.05) is 43.3 Å². The number of carbonyl (C=O) groups is 2. The molecule has 0 aliphatic rings. The first-order valence-corrected chi connectivity index (χ1v) is 10.1. The molecule has 0 spiro atoms. The van der Waals surface area contributed by atoms with Gasteiger partial charge in [0.15, 0.2) is 18.1 Å². The fourth-order valence-electron chi connectivity index (χ4n) is 2.72. The summed E-state index contributed by atoms with van der Waals surface area (Å²) in [5, 5.41) is 15.2. The number of alkyl carbamates (subject to hydrolysis) is 1. The van der Waals surface area contributed by atoms with Gasteiger partial charge in [-0.15, -0.1) is 0 Å². The third-order valence-corrected chi connectivity index (χ3v) is 4.11. The summed E-state index contributed by atoms with van der Waals surface area (Å²) in [6, 6.07) is 15.4. The zero-order valence-corrected chi connectivity index (χ0v) is 18.0. The fourth-order valence-corrected chi connectivity index (χ4v) is 2.72. The molecule has 2 aromatic rings. The third-order valence-electron chi connectivity index (χ3n) is 4.11. The third kappa shape index (κ3) is 7.99. The summed E-state index contributed by atoms with van der Waals surface area (Å²) < 4.78 is 15.8. The van der Waals surface area contributed by atoms with Gasteiger partial charge >= 0.3 is 6.09 Å². The Morgan fingerprint density at radius 1 is 1.09 bits per heavy atom. The number of hydrazone groups is 1. The van der Waals surface area contributed by atoms with Crippen molar-refractivity contribution in [2.24, 2.45) is 5.10 Å². The Morgan fingerprint density at radius 3 is 2.56 bits per heavy atom. The molecule has 0 fully saturated rings. The predicted octanol–water partition coefficient (Wildman–Crippen LogP) is 2.80. The van der Waals surface area contributed by atoms with Crippen LogP contribution in [0.25, 0.3) is 0 Å². The largest absolute Gasteiger partial charge is 0.490 e. The van der Waals surface area contributed by atoms with E-state index in [0.29, 0.717) is 23.7 Å². The molecule has 1 atom stereocenters. The maximum absolute atomic E-state index is 12.6. The van der Waals surface area contributed by atoms with Crippen LogP contribution in [0, 0.1) is 11.3 Å². The molecular weight excluding hydrogens is 412 g/mol. The van der Waals surface area contributed by atoms with Crippen LogP contribution >= 0.6 is 0 Å². The van der Waals surface area contributed by atoms with E-state index in [9.17, 15) is 9.59 Å². The molecule has 0 heterocycles. The summed E-state index contributed by atoms with van der Waals surface area (Å²) in [7, 11) is 0. The second-order valence-electron chi connectivity index (χ2n) is 6.43. The maximum atomic E-state index is 12.6. The number of carbonyl (C=O) groups excluding carboxylic acids is 2. The highest BCUT2D eigenvalue weighted by Gasteiger charge is 2.21. The van der Waals surface area contributed by atoms with E-state index < -0.39 is 18.0 Å². The van der Waals surface area contributed by atoms with Crippen molar-refractivity contribution in [1.82, 2.24) is 10.7 Å². The van der Waals surface area contributed by atoms with E-state index in [2.05, 4.69) is 15.8 Å². The predicted molar refractivity (Wildman–Crippen MR) is 119 cm³/mol. The van der Waals surface area contributed by atoms with Crippen molar-refractivity contribution < 1.29 is 23.8 Å². The number of amides is 2. The van der Waals surface area contributed by atoms with Crippen molar-refractivity contribution in [2.75, 3.05) is 19.8 Å². The van der Waals surface area contributed by atoms with Gasteiger partial charge in [-0.3, -0.25) is 4.79 Å². The molecule has 168 valence electrons. The summed E-state index contributed by atoms with van der Waals surface area (Å²) in [5.74, 6) is 0.414. The number of nitrogens with one attached hydrogen (secondary N) is 2. The second kappa shape index (κ2) is 13.3. The Kier molecular flexibility index (Phi) is 10.1. The topological polar surface area (TPSA) is 122 Å². The highest BCUT2D eigenvalue weighted by Crippen LogP contribution is 2.27. The van der Waals surface area contributed by atoms with Crippen molar-refractivity contribution in [3.05, 3.63) is 59.7 Å². The van der Waals surface area contributed by atoms with Gasteiger partial charge in [0.1, 0.15) is 12.1 Å². The van der Waals surface area contributed by atoms with E-state index in [4.69, 9.17) is 19.5 Å². The fraction of sp³-hybridized carbons (Fsp3) is 0.304. The quantitative estimate of drug-likeness (QED) is 0.411. The Morgan fingerprint density at radius 2 is 1.88 bits per heavy atom. The number of nitriles is 1. The van der Waals surface area contributed by atoms with Crippen LogP contribution in [0.1, 0.15) is 25.0 Å². The van der Waals surface area contributed by atoms with Crippen LogP contribution in [0.2, 0.25) is 0 Å². The molecule has 0 bridgehead atoms. The first-order chi connectivity index (χ1) is 15.6. The monoisotopic (exact) mass is 438 g/mol. The van der Waals surface area contributed by atoms with E-state index in [1.165, 1.54) is 6.21 Å². The molecule has 0 aliphatic carbocycles. The Bertz CT molecular complexity index is 957. The first-order valence-electron chi connectivity index (χ1n) is 10.1. The van der Waals surface area contributed by atoms with Gasteiger partial charge in [-0.1, -0.05) is 30.3 Å². The van der Waals surface area contributed by atoms with Gasteiger partial charge < -0.3 is 19.5 Å². The molecular formula is C23H26N4O5. The van der Waals surface area contributed by atoms with E-state index in [0.717, 1.165) is 5.56 Å². The lowest BCUT2D eigenvalue weighted by Gasteiger charge is -2.16. The van der Waals surface area contributed by atoms with Gasteiger partial charge in [-0.25, -0.2) is 10.2 Å². The summed E-state index contributed by atoms with van der Waals surface area (Å²) in [4.78, 5) is 24.5. The number of rotatable bonds is 11. The van der Waals surface area contributed by atoms with Crippen LogP contribution < -0.4 is 20.2 Å². The zero-order chi connectivity index (χ0) is 23.2. The highest BCUT2D eigenvalue weighted by atomic mass is 16.5. The molecule has 0 unspecified atom stereocenters. The van der Waals surface area contributed by atoms with Crippen molar-refractivity contribution in [3.8, 4) is 17.6 Å². The van der Waals surface area contributed by atoms with Crippen molar-refractivity contribution in [3.63, 3.8) is 0 Å². The summed E-state index contributed by atoms with van der Waals surface area (Å²) >= 11 is 0. The lowest BCUT2D eigenvalue weighted by Crippen LogP contribution is -2.47. The zero-order valence-electron chi connectivity index (χ0n) is 18.0. The van der Waals surface area contributed by atoms with Crippen LogP contribution in [-0.4, -0.2) is 44.1 Å². The molecule has 0 aromatic heterocycles. The molecule has 2 rings (SSSR count). The van der Waals surface area contributed by atoms with Gasteiger partial charge in [0.25, 0.3) is 5.91 Å². The lowest BCUT2D eigenvalue weighted by atomic mass is 10.1. The van der Waals surface area contributed by atoms with E-state index >= 15 is 0 Å². The average Bonchev–Trinajstić information content (AvgIpc) is 2.79. The number of benzene rings is 2. The SMILES string of the molecule is CCOC(=O)N[C@@H](Cc1ccccc1)C(=O)N/N=C\c1ccc(OCC#N)c(OCC)c1. The molecule has 0 saturated carbocycles. The smallest absolute Gasteiger partial charge is 0.407 e. The highest BCUT2D eigenvalue weighted by molar-refractivity contribution is 5.87. The molecule has 9 nitrogen and oxygen atoms in total. The van der Waals surface area contributed by atoms with Crippen LogP contribution in [0.5, 0.6) is 11.5 Å². The number of hydrogen-bond acceptors (Lipinski definition) is 7. The molecule has 0 aliphatic heterocycles. The average molecular weight is 438 g/mol. The summed E-state index contributed by atoms with van der Waals surface area (Å²) in [6.07, 6.45) is 1.04. The number of ether oxygens (including phenoxy) is 3. The van der Waals surface area contributed by atoms with Gasteiger partial charge in [0, 0.05) is 6.42 Å². The normalized spacial score (nSPS) is 11.3. The molecule has 32 heavy (non-hydrogen) atoms. The standard InChI is InChI=1S/C23H26N4O5/c1-3-30-21-15-18(10-11-20(21)32-13-12-24)16-25-27-22(28)19(26-23(29)31-4-2)14-17-8-6-5-7-9-17/h5-11,15-16,19H,3-4,13-14H2,1-2H3,(H,26,29)(H,27,28)/b25-16-/t19-/m0/s1. The van der Waals surface area contributed by atoms with E-state index in [1.54, 1.807) is 25.1 Å². The van der Waals surface area contributed by atoms with Gasteiger partial charge in [0.05, 0.1) is 19.4 Å². The van der Waals surface area contributed by atoms with E-state index in [-0.39, 0.29) is 19.6 Å². The number of hydrogen-bond donors (Lipinski definition) is 2. The van der Waals surface area contributed by atoms with Crippen LogP contribution in [0.3, 0.4) is 0 Å². The summed E-state index contributed by atoms with van der Waals surface area (Å²) in [6.45, 7) is 4.03. The maximum Gasteiger partial charge on any atom is 0.407 e. The van der Waals surface area contributed by atoms with Crippen LogP contribution in [0.4, 0.5) is 4.79 Å². The first kappa shape index (κ1) is 24.2. The Labute approximate surface area is 187 Å². The number of nitrogens with zero attached hydrogens (tertiary/aromatic N) is 2. The minimum Gasteiger partial charge on any atom is -0.490 e. The van der Waals surface area contributed by atoms with Crippen LogP contribution in [-0.2, 0) is 16.0 Å². The Balaban J connectivity index is 2.07.